The summed E-state index contributed by atoms with van der Waals surface area (Å²) >= 11 is 1.26. The number of alkyl halides is 3. The number of rotatable bonds is 5. The molecule has 0 bridgehead atoms. The third-order valence-corrected chi connectivity index (χ3v) is 3.72. The summed E-state index contributed by atoms with van der Waals surface area (Å²) in [6.45, 7) is 1.94. The molecule has 0 aliphatic rings. The molecule has 2 aromatic rings. The number of halogens is 3. The van der Waals surface area contributed by atoms with Gasteiger partial charge in [0.2, 0.25) is 0 Å². The van der Waals surface area contributed by atoms with Gasteiger partial charge in [0.25, 0.3) is 0 Å². The quantitative estimate of drug-likeness (QED) is 0.906. The van der Waals surface area contributed by atoms with Gasteiger partial charge in [-0.1, -0.05) is 37.3 Å². The lowest BCUT2D eigenvalue weighted by molar-refractivity contribution is -0.155. The summed E-state index contributed by atoms with van der Waals surface area (Å²) in [6.07, 6.45) is -4.39. The number of nitrogens with zero attached hydrogens (tertiary/aromatic N) is 1. The third-order valence-electron chi connectivity index (χ3n) is 2.85. The summed E-state index contributed by atoms with van der Waals surface area (Å²) in [5, 5.41) is 4.75. The van der Waals surface area contributed by atoms with Gasteiger partial charge < -0.3 is 5.32 Å². The molecule has 1 N–H and O–H groups in total. The number of thiazole rings is 1. The van der Waals surface area contributed by atoms with Crippen molar-refractivity contribution in [2.24, 2.45) is 0 Å². The maximum atomic E-state index is 12.8. The molecule has 0 aliphatic heterocycles. The lowest BCUT2D eigenvalue weighted by atomic mass is 10.2. The Hall–Kier alpha value is -1.40. The van der Waals surface area contributed by atoms with Crippen LogP contribution in [0.15, 0.2) is 35.7 Å². The van der Waals surface area contributed by atoms with Gasteiger partial charge in [-0.2, -0.15) is 13.2 Å². The minimum Gasteiger partial charge on any atom is -0.306 e. The van der Waals surface area contributed by atoms with Gasteiger partial charge in [0.1, 0.15) is 6.04 Å². The van der Waals surface area contributed by atoms with E-state index in [4.69, 9.17) is 0 Å². The van der Waals surface area contributed by atoms with Crippen LogP contribution in [0.2, 0.25) is 0 Å². The molecule has 1 aromatic heterocycles. The predicted molar refractivity (Wildman–Crippen MR) is 74.8 cm³/mol. The molecule has 0 saturated heterocycles. The first-order valence-electron chi connectivity index (χ1n) is 6.30. The lowest BCUT2D eigenvalue weighted by Crippen LogP contribution is -2.43. The van der Waals surface area contributed by atoms with Crippen LogP contribution in [0, 0.1) is 0 Å². The Kier molecular flexibility index (Phi) is 4.77. The van der Waals surface area contributed by atoms with Crippen LogP contribution in [0.1, 0.15) is 11.9 Å². The first-order chi connectivity index (χ1) is 9.50. The molecule has 1 aromatic carbocycles. The van der Waals surface area contributed by atoms with Crippen LogP contribution >= 0.6 is 11.3 Å². The van der Waals surface area contributed by atoms with Gasteiger partial charge >= 0.3 is 6.18 Å². The molecule has 20 heavy (non-hydrogen) atoms. The van der Waals surface area contributed by atoms with Crippen molar-refractivity contribution >= 4 is 11.3 Å². The van der Waals surface area contributed by atoms with E-state index in [1.165, 1.54) is 11.3 Å². The highest BCUT2D eigenvalue weighted by molar-refractivity contribution is 7.09. The molecule has 1 heterocycles. The molecule has 1 atom stereocenters. The van der Waals surface area contributed by atoms with Crippen molar-refractivity contribution < 1.29 is 13.2 Å². The predicted octanol–water partition coefficient (Wildman–Crippen LogP) is 3.89. The number of nitrogens with one attached hydrogen (secondary N) is 1. The van der Waals surface area contributed by atoms with Gasteiger partial charge in [-0.05, 0) is 6.54 Å². The molecular formula is C14H15F3N2S. The first kappa shape index (κ1) is 15.0. The van der Waals surface area contributed by atoms with Gasteiger partial charge in [-0.15, -0.1) is 11.3 Å². The van der Waals surface area contributed by atoms with Gasteiger partial charge in [0.05, 0.1) is 10.7 Å². The Balaban J connectivity index is 2.13. The number of aromatic nitrogens is 1. The fourth-order valence-electron chi connectivity index (χ4n) is 1.87. The van der Waals surface area contributed by atoms with E-state index < -0.39 is 12.2 Å². The van der Waals surface area contributed by atoms with E-state index >= 15 is 0 Å². The fraction of sp³-hybridized carbons (Fsp3) is 0.357. The normalized spacial score (nSPS) is 13.4. The summed E-state index contributed by atoms with van der Waals surface area (Å²) in [5.74, 6) is 0. The molecule has 0 amide bonds. The SMILES string of the molecule is CCNC(Cc1nc(-c2ccccc2)cs1)C(F)(F)F. The Labute approximate surface area is 119 Å². The molecule has 0 fully saturated rings. The van der Waals surface area contributed by atoms with E-state index in [1.807, 2.05) is 30.3 Å². The van der Waals surface area contributed by atoms with E-state index in [0.29, 0.717) is 5.01 Å². The highest BCUT2D eigenvalue weighted by atomic mass is 32.1. The summed E-state index contributed by atoms with van der Waals surface area (Å²) in [4.78, 5) is 4.29. The third kappa shape index (κ3) is 3.80. The molecule has 0 radical (unpaired) electrons. The molecule has 2 rings (SSSR count). The average Bonchev–Trinajstić information content (AvgIpc) is 2.87. The van der Waals surface area contributed by atoms with E-state index in [1.54, 1.807) is 12.3 Å². The molecule has 108 valence electrons. The standard InChI is InChI=1S/C14H15F3N2S/c1-2-18-12(14(15,16)17)8-13-19-11(9-20-13)10-6-4-3-5-7-10/h3-7,9,12,18H,2,8H2,1H3. The largest absolute Gasteiger partial charge is 0.404 e. The molecule has 2 nitrogen and oxygen atoms in total. The number of hydrogen-bond donors (Lipinski definition) is 1. The Morgan fingerprint density at radius 1 is 1.25 bits per heavy atom. The van der Waals surface area contributed by atoms with Crippen molar-refractivity contribution in [3.05, 3.63) is 40.7 Å². The van der Waals surface area contributed by atoms with Gasteiger partial charge in [0, 0.05) is 17.4 Å². The van der Waals surface area contributed by atoms with Crippen LogP contribution in [-0.4, -0.2) is 23.7 Å². The van der Waals surface area contributed by atoms with Crippen LogP contribution in [-0.2, 0) is 6.42 Å². The monoisotopic (exact) mass is 300 g/mol. The minimum atomic E-state index is -4.26. The maximum Gasteiger partial charge on any atom is 0.404 e. The van der Waals surface area contributed by atoms with Crippen molar-refractivity contribution in [3.8, 4) is 11.3 Å². The van der Waals surface area contributed by atoms with E-state index in [-0.39, 0.29) is 13.0 Å². The van der Waals surface area contributed by atoms with Crippen LogP contribution in [0.5, 0.6) is 0 Å². The molecule has 0 spiro atoms. The Morgan fingerprint density at radius 2 is 1.95 bits per heavy atom. The van der Waals surface area contributed by atoms with Crippen molar-refractivity contribution in [3.63, 3.8) is 0 Å². The maximum absolute atomic E-state index is 12.8. The number of hydrogen-bond acceptors (Lipinski definition) is 3. The van der Waals surface area contributed by atoms with Crippen LogP contribution < -0.4 is 5.32 Å². The number of likely N-dealkylation sites (N-methyl/N-ethyl adjacent to an activating group) is 1. The smallest absolute Gasteiger partial charge is 0.306 e. The highest BCUT2D eigenvalue weighted by Crippen LogP contribution is 2.27. The first-order valence-corrected chi connectivity index (χ1v) is 7.18. The molecule has 6 heteroatoms. The van der Waals surface area contributed by atoms with E-state index in [9.17, 15) is 13.2 Å². The van der Waals surface area contributed by atoms with Crippen molar-refractivity contribution in [2.45, 2.75) is 25.6 Å². The summed E-state index contributed by atoms with van der Waals surface area (Å²) in [7, 11) is 0. The zero-order chi connectivity index (χ0) is 14.6. The zero-order valence-corrected chi connectivity index (χ0v) is 11.8. The summed E-state index contributed by atoms with van der Waals surface area (Å²) in [6, 6.07) is 7.90. The topological polar surface area (TPSA) is 24.9 Å². The second-order valence-electron chi connectivity index (χ2n) is 4.35. The summed E-state index contributed by atoms with van der Waals surface area (Å²) in [5.41, 5.74) is 1.64. The van der Waals surface area contributed by atoms with Gasteiger partial charge in [-0.3, -0.25) is 0 Å². The zero-order valence-electron chi connectivity index (χ0n) is 10.9. The molecule has 0 aliphatic carbocycles. The average molecular weight is 300 g/mol. The molecular weight excluding hydrogens is 285 g/mol. The minimum absolute atomic E-state index is 0.130. The fourth-order valence-corrected chi connectivity index (χ4v) is 2.72. The van der Waals surface area contributed by atoms with Crippen molar-refractivity contribution in [1.29, 1.82) is 0 Å². The Morgan fingerprint density at radius 3 is 2.55 bits per heavy atom. The van der Waals surface area contributed by atoms with E-state index in [2.05, 4.69) is 10.3 Å². The van der Waals surface area contributed by atoms with Gasteiger partial charge in [0.15, 0.2) is 0 Å². The van der Waals surface area contributed by atoms with Crippen molar-refractivity contribution in [2.75, 3.05) is 6.54 Å². The highest BCUT2D eigenvalue weighted by Gasteiger charge is 2.39. The van der Waals surface area contributed by atoms with Crippen LogP contribution in [0.4, 0.5) is 13.2 Å². The molecule has 1 unspecified atom stereocenters. The van der Waals surface area contributed by atoms with E-state index in [0.717, 1.165) is 11.3 Å². The second-order valence-corrected chi connectivity index (χ2v) is 5.29. The van der Waals surface area contributed by atoms with Crippen LogP contribution in [0.3, 0.4) is 0 Å². The molecule has 0 saturated carbocycles. The van der Waals surface area contributed by atoms with Crippen molar-refractivity contribution in [1.82, 2.24) is 10.3 Å². The lowest BCUT2D eigenvalue weighted by Gasteiger charge is -2.19. The second kappa shape index (κ2) is 6.37. The van der Waals surface area contributed by atoms with Gasteiger partial charge in [-0.25, -0.2) is 4.98 Å². The number of benzene rings is 1. The van der Waals surface area contributed by atoms with Crippen LogP contribution in [0.25, 0.3) is 11.3 Å². The Bertz CT molecular complexity index is 537. The summed E-state index contributed by atoms with van der Waals surface area (Å²) < 4.78 is 38.5.